The van der Waals surface area contributed by atoms with Gasteiger partial charge in [0.2, 0.25) is 5.58 Å². The van der Waals surface area contributed by atoms with Gasteiger partial charge in [-0.15, -0.1) is 26.3 Å². The van der Waals surface area contributed by atoms with Crippen LogP contribution in [0.15, 0.2) is 89.1 Å². The molecular formula is C36H36F6N6O28P4. The molecule has 440 valence electrons. The monoisotopic (exact) mass is 1240 g/mol. The summed E-state index contributed by atoms with van der Waals surface area (Å²) in [6.07, 6.45) is -22.3. The number of fused-ring (bicyclic) bond motifs is 2. The Kier molecular flexibility index (Phi) is 17.9. The SMILES string of the molecule is O=c1ccn([C@@H]2O[C@H](COP(=O)(O)OP(=O)(O)O)[C@H](O)C2O)c(=O)n1Cc1noc2c(OC(F)(F)F)cccc12.O=c1ccn([C@@H]2O[C@H](COP(=O)(O)OP(=O)(O)O)[C@H](O)C2O)c(=O)n1Cc1noc2cc(OC(F)(F)F)ccc12. The van der Waals surface area contributed by atoms with Crippen molar-refractivity contribution in [3.05, 3.63) is 114 Å². The topological polar surface area (TPSA) is 484 Å². The van der Waals surface area contributed by atoms with Crippen LogP contribution in [0.25, 0.3) is 21.9 Å². The zero-order valence-electron chi connectivity index (χ0n) is 38.8. The van der Waals surface area contributed by atoms with Gasteiger partial charge in [0, 0.05) is 36.0 Å². The first-order valence-electron chi connectivity index (χ1n) is 21.3. The van der Waals surface area contributed by atoms with E-state index in [1.165, 1.54) is 12.1 Å². The Balaban J connectivity index is 0.000000231. The molecule has 2 aliphatic rings. The molecule has 2 aliphatic heterocycles. The Labute approximate surface area is 434 Å². The highest BCUT2D eigenvalue weighted by atomic mass is 31.3. The number of ether oxygens (including phenoxy) is 4. The van der Waals surface area contributed by atoms with Gasteiger partial charge in [0.25, 0.3) is 11.1 Å². The van der Waals surface area contributed by atoms with Gasteiger partial charge in [-0.05, 0) is 24.3 Å². The number of rotatable bonds is 18. The van der Waals surface area contributed by atoms with Gasteiger partial charge < -0.3 is 77.8 Å². The molecule has 44 heteroatoms. The van der Waals surface area contributed by atoms with E-state index < -0.39 is 159 Å². The van der Waals surface area contributed by atoms with E-state index >= 15 is 0 Å². The molecule has 4 aromatic heterocycles. The Morgan fingerprint density at radius 1 is 0.575 bits per heavy atom. The summed E-state index contributed by atoms with van der Waals surface area (Å²) in [5, 5.41) is 48.7. The van der Waals surface area contributed by atoms with Gasteiger partial charge in [0.1, 0.15) is 53.8 Å². The predicted molar refractivity (Wildman–Crippen MR) is 239 cm³/mol. The molecule has 2 fully saturated rings. The average molecular weight is 1240 g/mol. The Morgan fingerprint density at radius 3 is 1.48 bits per heavy atom. The van der Waals surface area contributed by atoms with Gasteiger partial charge in [-0.2, -0.15) is 8.62 Å². The maximum absolute atomic E-state index is 13.1. The van der Waals surface area contributed by atoms with Gasteiger partial charge in [0.05, 0.1) is 31.7 Å². The number of halogens is 6. The molecule has 10 atom stereocenters. The predicted octanol–water partition coefficient (Wildman–Crippen LogP) is -0.113. The van der Waals surface area contributed by atoms with Crippen LogP contribution in [-0.2, 0) is 58.5 Å². The fourth-order valence-electron chi connectivity index (χ4n) is 7.47. The number of phosphoric acid groups is 4. The molecule has 4 unspecified atom stereocenters. The average Bonchev–Trinajstić information content (AvgIpc) is 4.09. The zero-order valence-corrected chi connectivity index (χ0v) is 42.4. The third-order valence-corrected chi connectivity index (χ3v) is 15.1. The van der Waals surface area contributed by atoms with Crippen LogP contribution in [0.5, 0.6) is 11.5 Å². The summed E-state index contributed by atoms with van der Waals surface area (Å²) in [4.78, 5) is 104. The van der Waals surface area contributed by atoms with Crippen molar-refractivity contribution in [1.29, 1.82) is 0 Å². The van der Waals surface area contributed by atoms with Gasteiger partial charge in [0.15, 0.2) is 23.8 Å². The molecule has 10 N–H and O–H groups in total. The number of phosphoric ester groups is 2. The fourth-order valence-corrected chi connectivity index (χ4v) is 10.7. The fraction of sp³-hybridized carbons (Fsp3) is 0.389. The van der Waals surface area contributed by atoms with E-state index in [-0.39, 0.29) is 27.7 Å². The molecule has 80 heavy (non-hydrogen) atoms. The number of alkyl halides is 6. The van der Waals surface area contributed by atoms with E-state index in [1.54, 1.807) is 0 Å². The maximum atomic E-state index is 13.1. The molecule has 0 aliphatic carbocycles. The Morgan fingerprint density at radius 2 is 1.02 bits per heavy atom. The molecule has 0 saturated carbocycles. The first kappa shape index (κ1) is 61.8. The minimum atomic E-state index is -5.44. The summed E-state index contributed by atoms with van der Waals surface area (Å²) in [7, 11) is -21.5. The lowest BCUT2D eigenvalue weighted by atomic mass is 10.1. The van der Waals surface area contributed by atoms with Crippen molar-refractivity contribution in [2.45, 2.75) is 74.9 Å². The third kappa shape index (κ3) is 15.2. The molecule has 6 heterocycles. The minimum absolute atomic E-state index is 0.0146. The lowest BCUT2D eigenvalue weighted by molar-refractivity contribution is -0.275. The molecule has 2 aromatic carbocycles. The standard InChI is InChI=1S/2C18H18F3N3O14P2/c19-18(20,21)36-8-1-2-9-10(22-37-11(9)5-8)6-24-13(25)3-4-23(17(24)28)16-15(27)14(26)12(35-16)7-34-40(32,33)38-39(29,30)31;19-18(20,21)36-10-3-1-2-8-9(22-37-15(8)10)6-24-12(25)4-5-23(17(24)28)16-14(27)13(26)11(35-16)7-34-40(32,33)38-39(29,30)31/h1-5,12,14-16,26-27H,6-7H2,(H,32,33)(H2,29,30,31);1-5,11,13-14,16,26-27H,6-7H2,(H,32,33)(H2,29,30,31)/t12-,14+,15?,16-;11-,13+,14?,16-/m11/s1. The summed E-state index contributed by atoms with van der Waals surface area (Å²) in [6.45, 7) is -3.23. The molecule has 2 saturated heterocycles. The normalized spacial score (nSPS) is 23.4. The Hall–Kier alpha value is -5.80. The second kappa shape index (κ2) is 23.2. The Bertz CT molecular complexity index is 3700. The van der Waals surface area contributed by atoms with E-state index in [0.29, 0.717) is 18.3 Å². The van der Waals surface area contributed by atoms with E-state index in [0.717, 1.165) is 48.8 Å². The number of benzene rings is 2. The van der Waals surface area contributed by atoms with E-state index in [2.05, 4.69) is 37.5 Å². The number of para-hydroxylation sites is 1. The molecule has 0 spiro atoms. The number of aliphatic hydroxyl groups excluding tert-OH is 4. The quantitative estimate of drug-likeness (QED) is 0.0396. The highest BCUT2D eigenvalue weighted by Crippen LogP contribution is 2.58. The summed E-state index contributed by atoms with van der Waals surface area (Å²) in [5.74, 6) is -1.32. The number of aliphatic hydroxyl groups is 4. The minimum Gasteiger partial charge on any atom is -0.406 e. The lowest BCUT2D eigenvalue weighted by Gasteiger charge is -2.19. The van der Waals surface area contributed by atoms with Crippen LogP contribution in [0.2, 0.25) is 0 Å². The molecular weight excluding hydrogens is 1200 g/mol. The summed E-state index contributed by atoms with van der Waals surface area (Å²) in [5.41, 5.74) is -4.73. The van der Waals surface area contributed by atoms with Gasteiger partial charge in [-0.3, -0.25) is 36.9 Å². The summed E-state index contributed by atoms with van der Waals surface area (Å²) >= 11 is 0. The van der Waals surface area contributed by atoms with Crippen molar-refractivity contribution < 1.29 is 140 Å². The first-order chi connectivity index (χ1) is 36.9. The van der Waals surface area contributed by atoms with Crippen molar-refractivity contribution in [1.82, 2.24) is 28.6 Å². The van der Waals surface area contributed by atoms with E-state index in [4.69, 9.17) is 38.1 Å². The second-order valence-corrected chi connectivity index (χ2v) is 21.9. The van der Waals surface area contributed by atoms with Crippen molar-refractivity contribution in [3.63, 3.8) is 0 Å². The maximum Gasteiger partial charge on any atom is 0.573 e. The number of aromatic nitrogens is 6. The van der Waals surface area contributed by atoms with Crippen molar-refractivity contribution in [2.75, 3.05) is 13.2 Å². The van der Waals surface area contributed by atoms with Crippen LogP contribution in [0.1, 0.15) is 23.8 Å². The van der Waals surface area contributed by atoms with Crippen molar-refractivity contribution in [3.8, 4) is 11.5 Å². The van der Waals surface area contributed by atoms with Gasteiger partial charge >= 0.3 is 55.4 Å². The second-order valence-electron chi connectivity index (χ2n) is 16.3. The smallest absolute Gasteiger partial charge is 0.406 e. The first-order valence-corrected chi connectivity index (χ1v) is 27.4. The number of hydrogen-bond donors (Lipinski definition) is 10. The molecule has 8 rings (SSSR count). The number of nitrogens with zero attached hydrogens (tertiary/aromatic N) is 6. The van der Waals surface area contributed by atoms with Crippen LogP contribution in [-0.4, -0.2) is 141 Å². The zero-order chi connectivity index (χ0) is 59.2. The van der Waals surface area contributed by atoms with Crippen molar-refractivity contribution >= 4 is 53.2 Å². The van der Waals surface area contributed by atoms with E-state index in [1.807, 2.05) is 0 Å². The highest BCUT2D eigenvalue weighted by molar-refractivity contribution is 7.61. The summed E-state index contributed by atoms with van der Waals surface area (Å²) in [6, 6.07) is 8.24. The summed E-state index contributed by atoms with van der Waals surface area (Å²) < 4.78 is 167. The van der Waals surface area contributed by atoms with Crippen LogP contribution < -0.4 is 32.0 Å². The molecule has 34 nitrogen and oxygen atoms in total. The largest absolute Gasteiger partial charge is 0.573 e. The van der Waals surface area contributed by atoms with Crippen LogP contribution in [0.4, 0.5) is 26.3 Å². The molecule has 0 radical (unpaired) electrons. The van der Waals surface area contributed by atoms with Gasteiger partial charge in [-0.25, -0.2) is 27.8 Å². The van der Waals surface area contributed by atoms with Crippen LogP contribution in [0, 0.1) is 0 Å². The van der Waals surface area contributed by atoms with E-state index in [9.17, 15) is 94.0 Å². The van der Waals surface area contributed by atoms with Crippen LogP contribution >= 0.6 is 31.3 Å². The molecule has 0 amide bonds. The lowest BCUT2D eigenvalue weighted by Crippen LogP contribution is -2.43. The third-order valence-electron chi connectivity index (χ3n) is 10.8. The molecule has 6 aromatic rings. The van der Waals surface area contributed by atoms with Crippen LogP contribution in [0.3, 0.4) is 0 Å². The highest BCUT2D eigenvalue weighted by Gasteiger charge is 2.48. The van der Waals surface area contributed by atoms with Crippen molar-refractivity contribution in [2.24, 2.45) is 0 Å². The van der Waals surface area contributed by atoms with Gasteiger partial charge in [-0.1, -0.05) is 16.4 Å². The molecule has 0 bridgehead atoms. The number of hydrogen-bond acceptors (Lipinski definition) is 24.